The fraction of sp³-hybridized carbons (Fsp3) is 1.00. The lowest BCUT2D eigenvalue weighted by molar-refractivity contribution is -0.254. The van der Waals surface area contributed by atoms with Gasteiger partial charge >= 0.3 is 0 Å². The van der Waals surface area contributed by atoms with Crippen molar-refractivity contribution < 1.29 is 9.47 Å². The van der Waals surface area contributed by atoms with Crippen LogP contribution in [0, 0.1) is 5.92 Å². The smallest absolute Gasteiger partial charge is 0.168 e. The summed E-state index contributed by atoms with van der Waals surface area (Å²) in [5.74, 6) is 0.0741. The molecule has 25 heavy (non-hydrogen) atoms. The summed E-state index contributed by atoms with van der Waals surface area (Å²) in [4.78, 5) is 2.51. The van der Waals surface area contributed by atoms with Crippen LogP contribution >= 0.6 is 0 Å². The van der Waals surface area contributed by atoms with Crippen LogP contribution in [0.2, 0.25) is 0 Å². The molecule has 0 spiro atoms. The fourth-order valence-electron chi connectivity index (χ4n) is 3.79. The zero-order chi connectivity index (χ0) is 19.0. The van der Waals surface area contributed by atoms with Gasteiger partial charge in [-0.05, 0) is 59.7 Å². The average molecular weight is 358 g/mol. The van der Waals surface area contributed by atoms with E-state index in [0.717, 1.165) is 26.3 Å². The molecule has 0 aliphatic carbocycles. The second-order valence-corrected chi connectivity index (χ2v) is 7.30. The van der Waals surface area contributed by atoms with E-state index in [1.165, 1.54) is 64.3 Å². The predicted molar refractivity (Wildman–Crippen MR) is 110 cm³/mol. The summed E-state index contributed by atoms with van der Waals surface area (Å²) < 4.78 is 12.2. The molecule has 1 unspecified atom stereocenters. The quantitative estimate of drug-likeness (QED) is 0.213. The lowest BCUT2D eigenvalue weighted by Gasteiger charge is -2.37. The maximum Gasteiger partial charge on any atom is 0.168 e. The first-order valence-corrected chi connectivity index (χ1v) is 11.1. The molecule has 0 saturated heterocycles. The van der Waals surface area contributed by atoms with Crippen LogP contribution in [0.5, 0.6) is 0 Å². The number of unbranched alkanes of at least 4 members (excludes halogenated alkanes) is 5. The fourth-order valence-corrected chi connectivity index (χ4v) is 3.79. The number of rotatable bonds is 18. The van der Waals surface area contributed by atoms with E-state index in [0.29, 0.717) is 5.92 Å². The Labute approximate surface area is 158 Å². The van der Waals surface area contributed by atoms with Gasteiger partial charge in [-0.25, -0.2) is 0 Å². The number of hydrogen-bond donors (Lipinski definition) is 0. The van der Waals surface area contributed by atoms with Crippen molar-refractivity contribution in [2.45, 2.75) is 105 Å². The molecule has 1 atom stereocenters. The minimum Gasteiger partial charge on any atom is -0.350 e. The van der Waals surface area contributed by atoms with Gasteiger partial charge in [0.1, 0.15) is 0 Å². The summed E-state index contributed by atoms with van der Waals surface area (Å²) >= 11 is 0. The maximum absolute atomic E-state index is 6.10. The van der Waals surface area contributed by atoms with Gasteiger partial charge in [0, 0.05) is 19.1 Å². The Morgan fingerprint density at radius 2 is 1.24 bits per heavy atom. The van der Waals surface area contributed by atoms with E-state index in [-0.39, 0.29) is 0 Å². The van der Waals surface area contributed by atoms with Gasteiger partial charge in [0.15, 0.2) is 5.79 Å². The van der Waals surface area contributed by atoms with Gasteiger partial charge in [-0.3, -0.25) is 0 Å². The van der Waals surface area contributed by atoms with Crippen molar-refractivity contribution in [1.29, 1.82) is 0 Å². The standard InChI is InChI=1S/C22H47NO2/c1-7-12-13-14-15-16-18-21(19-17-20-23(8-2)9-3)22(6,24-10-4)25-11-5/h21H,7-20H2,1-6H3. The molecule has 0 aromatic heterocycles. The van der Waals surface area contributed by atoms with Gasteiger partial charge in [-0.1, -0.05) is 59.3 Å². The first-order chi connectivity index (χ1) is 12.1. The Kier molecular flexibility index (Phi) is 16.0. The minimum absolute atomic E-state index is 0.420. The van der Waals surface area contributed by atoms with Crippen LogP contribution in [0.3, 0.4) is 0 Å². The lowest BCUT2D eigenvalue weighted by Crippen LogP contribution is -2.41. The van der Waals surface area contributed by atoms with E-state index >= 15 is 0 Å². The number of hydrogen-bond acceptors (Lipinski definition) is 3. The third-order valence-electron chi connectivity index (χ3n) is 5.43. The Bertz CT molecular complexity index is 273. The molecule has 0 aromatic rings. The van der Waals surface area contributed by atoms with E-state index in [9.17, 15) is 0 Å². The van der Waals surface area contributed by atoms with Crippen LogP contribution in [0.25, 0.3) is 0 Å². The van der Waals surface area contributed by atoms with Crippen molar-refractivity contribution in [3.63, 3.8) is 0 Å². The molecular weight excluding hydrogens is 310 g/mol. The van der Waals surface area contributed by atoms with Crippen molar-refractivity contribution in [1.82, 2.24) is 4.90 Å². The van der Waals surface area contributed by atoms with Gasteiger partial charge in [-0.15, -0.1) is 0 Å². The highest BCUT2D eigenvalue weighted by Gasteiger charge is 2.34. The summed E-state index contributed by atoms with van der Waals surface area (Å²) in [6, 6.07) is 0. The Balaban J connectivity index is 4.56. The van der Waals surface area contributed by atoms with Gasteiger partial charge in [0.25, 0.3) is 0 Å². The third kappa shape index (κ3) is 11.2. The molecule has 0 saturated carbocycles. The Hall–Kier alpha value is -0.120. The molecule has 0 rings (SSSR count). The molecule has 0 aliphatic heterocycles. The molecule has 0 heterocycles. The monoisotopic (exact) mass is 357 g/mol. The second-order valence-electron chi connectivity index (χ2n) is 7.30. The summed E-state index contributed by atoms with van der Waals surface area (Å²) in [5.41, 5.74) is 0. The summed E-state index contributed by atoms with van der Waals surface area (Å²) in [6.07, 6.45) is 11.8. The van der Waals surface area contributed by atoms with Crippen LogP contribution in [0.15, 0.2) is 0 Å². The van der Waals surface area contributed by atoms with Crippen LogP contribution in [-0.2, 0) is 9.47 Å². The van der Waals surface area contributed by atoms with Crippen LogP contribution < -0.4 is 0 Å². The molecule has 152 valence electrons. The SMILES string of the molecule is CCCCCCCCC(CCCN(CC)CC)C(C)(OCC)OCC. The number of nitrogens with zero attached hydrogens (tertiary/aromatic N) is 1. The Morgan fingerprint density at radius 1 is 0.720 bits per heavy atom. The maximum atomic E-state index is 6.10. The van der Waals surface area contributed by atoms with Crippen LogP contribution in [0.1, 0.15) is 99.3 Å². The zero-order valence-corrected chi connectivity index (χ0v) is 18.2. The highest BCUT2D eigenvalue weighted by molar-refractivity contribution is 4.76. The van der Waals surface area contributed by atoms with Gasteiger partial charge in [0.2, 0.25) is 0 Å². The number of ether oxygens (including phenoxy) is 2. The predicted octanol–water partition coefficient (Wildman–Crippen LogP) is 6.26. The summed E-state index contributed by atoms with van der Waals surface area (Å²) in [7, 11) is 0. The van der Waals surface area contributed by atoms with Crippen molar-refractivity contribution >= 4 is 0 Å². The summed E-state index contributed by atoms with van der Waals surface area (Å²) in [6.45, 7) is 18.0. The van der Waals surface area contributed by atoms with Crippen LogP contribution in [0.4, 0.5) is 0 Å². The molecule has 0 bridgehead atoms. The minimum atomic E-state index is -0.420. The van der Waals surface area contributed by atoms with Crippen molar-refractivity contribution in [3.8, 4) is 0 Å². The molecular formula is C22H47NO2. The molecule has 0 aliphatic rings. The first-order valence-electron chi connectivity index (χ1n) is 11.1. The second kappa shape index (κ2) is 16.1. The van der Waals surface area contributed by atoms with Crippen molar-refractivity contribution in [2.75, 3.05) is 32.8 Å². The summed E-state index contributed by atoms with van der Waals surface area (Å²) in [5, 5.41) is 0. The van der Waals surface area contributed by atoms with Crippen molar-refractivity contribution in [2.24, 2.45) is 5.92 Å². The van der Waals surface area contributed by atoms with Gasteiger partial charge < -0.3 is 14.4 Å². The topological polar surface area (TPSA) is 21.7 Å². The lowest BCUT2D eigenvalue weighted by atomic mass is 9.88. The Morgan fingerprint density at radius 3 is 1.76 bits per heavy atom. The molecule has 0 radical (unpaired) electrons. The molecule has 0 N–H and O–H groups in total. The van der Waals surface area contributed by atoms with E-state index in [2.05, 4.69) is 46.4 Å². The highest BCUT2D eigenvalue weighted by atomic mass is 16.7. The molecule has 0 aromatic carbocycles. The highest BCUT2D eigenvalue weighted by Crippen LogP contribution is 2.32. The van der Waals surface area contributed by atoms with E-state index in [1.54, 1.807) is 0 Å². The average Bonchev–Trinajstić information content (AvgIpc) is 2.60. The molecule has 3 nitrogen and oxygen atoms in total. The van der Waals surface area contributed by atoms with E-state index < -0.39 is 5.79 Å². The molecule has 0 amide bonds. The largest absolute Gasteiger partial charge is 0.350 e. The normalized spacial score (nSPS) is 13.6. The van der Waals surface area contributed by atoms with Gasteiger partial charge in [-0.2, -0.15) is 0 Å². The molecule has 0 fully saturated rings. The van der Waals surface area contributed by atoms with E-state index in [4.69, 9.17) is 9.47 Å². The third-order valence-corrected chi connectivity index (χ3v) is 5.43. The first kappa shape index (κ1) is 24.9. The van der Waals surface area contributed by atoms with Crippen molar-refractivity contribution in [3.05, 3.63) is 0 Å². The molecule has 3 heteroatoms. The van der Waals surface area contributed by atoms with Crippen LogP contribution in [-0.4, -0.2) is 43.5 Å². The van der Waals surface area contributed by atoms with E-state index in [1.807, 2.05) is 0 Å². The van der Waals surface area contributed by atoms with Gasteiger partial charge in [0.05, 0.1) is 0 Å². The zero-order valence-electron chi connectivity index (χ0n) is 18.2.